The number of furan rings is 1. The molecular formula is C39H27NO. The van der Waals surface area contributed by atoms with Crippen molar-refractivity contribution in [3.8, 4) is 27.9 Å². The molecule has 8 aromatic rings. The molecule has 0 bridgehead atoms. The second kappa shape index (κ2) is 7.99. The Labute approximate surface area is 238 Å². The summed E-state index contributed by atoms with van der Waals surface area (Å²) in [5.41, 5.74) is 13.2. The van der Waals surface area contributed by atoms with Crippen LogP contribution >= 0.6 is 0 Å². The first kappa shape index (κ1) is 22.7. The predicted octanol–water partition coefficient (Wildman–Crippen LogP) is 10.7. The molecule has 0 unspecified atom stereocenters. The monoisotopic (exact) mass is 525 g/mol. The van der Waals surface area contributed by atoms with Crippen molar-refractivity contribution in [2.24, 2.45) is 0 Å². The number of nitrogens with zero attached hydrogens (tertiary/aromatic N) is 1. The van der Waals surface area contributed by atoms with Gasteiger partial charge in [0.25, 0.3) is 0 Å². The third-order valence-corrected chi connectivity index (χ3v) is 9.17. The summed E-state index contributed by atoms with van der Waals surface area (Å²) in [7, 11) is 0. The van der Waals surface area contributed by atoms with E-state index in [4.69, 9.17) is 4.42 Å². The van der Waals surface area contributed by atoms with Gasteiger partial charge in [-0.05, 0) is 75.8 Å². The normalized spacial score (nSPS) is 13.8. The fourth-order valence-corrected chi connectivity index (χ4v) is 7.31. The molecule has 2 heterocycles. The van der Waals surface area contributed by atoms with Crippen molar-refractivity contribution >= 4 is 43.7 Å². The lowest BCUT2D eigenvalue weighted by Gasteiger charge is -2.23. The van der Waals surface area contributed by atoms with Gasteiger partial charge in [-0.2, -0.15) is 0 Å². The molecule has 9 rings (SSSR count). The van der Waals surface area contributed by atoms with E-state index in [1.807, 2.05) is 6.07 Å². The maximum atomic E-state index is 6.29. The number of aromatic nitrogens is 1. The molecule has 0 saturated carbocycles. The molecule has 1 aliphatic rings. The Balaban J connectivity index is 1.28. The van der Waals surface area contributed by atoms with Crippen molar-refractivity contribution in [1.29, 1.82) is 0 Å². The number of hydrogen-bond acceptors (Lipinski definition) is 1. The first-order valence-electron chi connectivity index (χ1n) is 14.3. The summed E-state index contributed by atoms with van der Waals surface area (Å²) >= 11 is 0. The minimum Gasteiger partial charge on any atom is -0.456 e. The van der Waals surface area contributed by atoms with Gasteiger partial charge >= 0.3 is 0 Å². The molecule has 194 valence electrons. The van der Waals surface area contributed by atoms with E-state index in [0.29, 0.717) is 0 Å². The largest absolute Gasteiger partial charge is 0.456 e. The Morgan fingerprint density at radius 2 is 1.27 bits per heavy atom. The van der Waals surface area contributed by atoms with Gasteiger partial charge in [-0.25, -0.2) is 0 Å². The number of benzene rings is 6. The molecule has 0 amide bonds. The maximum Gasteiger partial charge on any atom is 0.135 e. The van der Waals surface area contributed by atoms with Crippen molar-refractivity contribution in [3.63, 3.8) is 0 Å². The number of para-hydroxylation sites is 2. The second-order valence-corrected chi connectivity index (χ2v) is 11.8. The molecule has 0 spiro atoms. The highest BCUT2D eigenvalue weighted by Gasteiger charge is 2.38. The SMILES string of the molecule is CC1(C)c2cc(-n3c4ccccc4c4cc(-c5ccccc5)ccc43)ccc2-c2ccc3oc4ccccc4c3c21. The molecule has 0 atom stereocenters. The summed E-state index contributed by atoms with van der Waals surface area (Å²) < 4.78 is 8.72. The molecule has 0 aliphatic heterocycles. The van der Waals surface area contributed by atoms with Crippen molar-refractivity contribution in [2.45, 2.75) is 19.3 Å². The fourth-order valence-electron chi connectivity index (χ4n) is 7.31. The second-order valence-electron chi connectivity index (χ2n) is 11.8. The first-order valence-corrected chi connectivity index (χ1v) is 14.3. The quantitative estimate of drug-likeness (QED) is 0.219. The minimum atomic E-state index is -0.175. The highest BCUT2D eigenvalue weighted by Crippen LogP contribution is 2.53. The van der Waals surface area contributed by atoms with E-state index in [9.17, 15) is 0 Å². The van der Waals surface area contributed by atoms with E-state index in [1.165, 1.54) is 71.6 Å². The standard InChI is InChI=1S/C39H27NO/c1-39(2)32-23-26(17-18-27(32)29-19-21-36-37(38(29)39)30-13-7-9-15-35(30)41-36)40-33-14-8-6-12-28(33)31-22-25(16-20-34(31)40)24-10-4-3-5-11-24/h3-23H,1-2H3. The van der Waals surface area contributed by atoms with Crippen LogP contribution in [0.5, 0.6) is 0 Å². The van der Waals surface area contributed by atoms with Gasteiger partial charge in [-0.15, -0.1) is 0 Å². The average Bonchev–Trinajstić information content (AvgIpc) is 3.63. The van der Waals surface area contributed by atoms with Gasteiger partial charge in [0, 0.05) is 32.6 Å². The summed E-state index contributed by atoms with van der Waals surface area (Å²) in [5.74, 6) is 0. The Morgan fingerprint density at radius 1 is 0.537 bits per heavy atom. The Kier molecular flexibility index (Phi) is 4.42. The van der Waals surface area contributed by atoms with Crippen LogP contribution in [0.1, 0.15) is 25.0 Å². The topological polar surface area (TPSA) is 18.1 Å². The van der Waals surface area contributed by atoms with E-state index in [-0.39, 0.29) is 5.41 Å². The molecule has 41 heavy (non-hydrogen) atoms. The highest BCUT2D eigenvalue weighted by atomic mass is 16.3. The molecule has 0 N–H and O–H groups in total. The summed E-state index contributed by atoms with van der Waals surface area (Å²) in [6, 6.07) is 46.1. The van der Waals surface area contributed by atoms with Crippen molar-refractivity contribution < 1.29 is 4.42 Å². The van der Waals surface area contributed by atoms with Crippen LogP contribution in [0.2, 0.25) is 0 Å². The molecule has 1 aliphatic carbocycles. The molecule has 2 heteroatoms. The van der Waals surface area contributed by atoms with Gasteiger partial charge in [0.15, 0.2) is 0 Å². The molecule has 0 fully saturated rings. The van der Waals surface area contributed by atoms with E-state index in [0.717, 1.165) is 11.2 Å². The van der Waals surface area contributed by atoms with Crippen molar-refractivity contribution in [2.75, 3.05) is 0 Å². The fraction of sp³-hybridized carbons (Fsp3) is 0.0769. The number of rotatable bonds is 2. The van der Waals surface area contributed by atoms with Crippen LogP contribution in [0.15, 0.2) is 132 Å². The van der Waals surface area contributed by atoms with Crippen molar-refractivity contribution in [3.05, 3.63) is 139 Å². The van der Waals surface area contributed by atoms with Gasteiger partial charge in [-0.3, -0.25) is 0 Å². The smallest absolute Gasteiger partial charge is 0.135 e. The van der Waals surface area contributed by atoms with E-state index >= 15 is 0 Å². The lowest BCUT2D eigenvalue weighted by molar-refractivity contribution is 0.656. The van der Waals surface area contributed by atoms with Gasteiger partial charge < -0.3 is 8.98 Å². The van der Waals surface area contributed by atoms with Gasteiger partial charge in [0.2, 0.25) is 0 Å². The minimum absolute atomic E-state index is 0.175. The maximum absolute atomic E-state index is 6.29. The number of fused-ring (bicyclic) bond motifs is 10. The van der Waals surface area contributed by atoms with Crippen LogP contribution in [-0.4, -0.2) is 4.57 Å². The highest BCUT2D eigenvalue weighted by molar-refractivity contribution is 6.12. The van der Waals surface area contributed by atoms with E-state index in [2.05, 4.69) is 140 Å². The third kappa shape index (κ3) is 3.02. The van der Waals surface area contributed by atoms with Crippen LogP contribution in [0.3, 0.4) is 0 Å². The Bertz CT molecular complexity index is 2330. The lowest BCUT2D eigenvalue weighted by atomic mass is 9.80. The molecule has 6 aromatic carbocycles. The van der Waals surface area contributed by atoms with Gasteiger partial charge in [0.05, 0.1) is 11.0 Å². The van der Waals surface area contributed by atoms with E-state index in [1.54, 1.807) is 0 Å². The zero-order valence-corrected chi connectivity index (χ0v) is 23.0. The zero-order valence-electron chi connectivity index (χ0n) is 23.0. The van der Waals surface area contributed by atoms with Crippen LogP contribution in [0, 0.1) is 0 Å². The summed E-state index contributed by atoms with van der Waals surface area (Å²) in [5, 5.41) is 4.98. The molecular weight excluding hydrogens is 498 g/mol. The zero-order chi connectivity index (χ0) is 27.3. The molecule has 0 saturated heterocycles. The Hall–Kier alpha value is -5.08. The Morgan fingerprint density at radius 3 is 2.15 bits per heavy atom. The summed E-state index contributed by atoms with van der Waals surface area (Å²) in [4.78, 5) is 0. The van der Waals surface area contributed by atoms with E-state index < -0.39 is 0 Å². The third-order valence-electron chi connectivity index (χ3n) is 9.17. The van der Waals surface area contributed by atoms with Gasteiger partial charge in [0.1, 0.15) is 11.2 Å². The summed E-state index contributed by atoms with van der Waals surface area (Å²) in [6.45, 7) is 4.72. The molecule has 2 nitrogen and oxygen atoms in total. The first-order chi connectivity index (χ1) is 20.1. The van der Waals surface area contributed by atoms with Gasteiger partial charge in [-0.1, -0.05) is 98.8 Å². The average molecular weight is 526 g/mol. The predicted molar refractivity (Wildman–Crippen MR) is 171 cm³/mol. The lowest BCUT2D eigenvalue weighted by Crippen LogP contribution is -2.15. The van der Waals surface area contributed by atoms with Crippen LogP contribution in [0.4, 0.5) is 0 Å². The van der Waals surface area contributed by atoms with Crippen molar-refractivity contribution in [1.82, 2.24) is 4.57 Å². The number of hydrogen-bond donors (Lipinski definition) is 0. The van der Waals surface area contributed by atoms with Crippen LogP contribution in [-0.2, 0) is 5.41 Å². The van der Waals surface area contributed by atoms with Crippen LogP contribution in [0.25, 0.3) is 71.7 Å². The molecule has 2 aromatic heterocycles. The van der Waals surface area contributed by atoms with Crippen LogP contribution < -0.4 is 0 Å². The summed E-state index contributed by atoms with van der Waals surface area (Å²) in [6.07, 6.45) is 0. The molecule has 0 radical (unpaired) electrons.